The summed E-state index contributed by atoms with van der Waals surface area (Å²) >= 11 is 0. The van der Waals surface area contributed by atoms with Crippen molar-refractivity contribution >= 4 is 19.8 Å². The normalized spacial score (nSPS) is 0. The van der Waals surface area contributed by atoms with Crippen molar-refractivity contribution in [2.75, 3.05) is 0 Å². The first kappa shape index (κ1) is 26.6. The molecule has 6 radical (unpaired) electrons. The van der Waals surface area contributed by atoms with Crippen LogP contribution in [0.1, 0.15) is 0 Å². The van der Waals surface area contributed by atoms with E-state index in [1.54, 1.807) is 0 Å². The molecule has 0 aromatic heterocycles. The van der Waals surface area contributed by atoms with E-state index in [2.05, 4.69) is 0 Å². The number of hydrogen-bond acceptors (Lipinski definition) is 0. The molecular formula is GaLaNbTa. The van der Waals surface area contributed by atoms with Crippen LogP contribution in [0.4, 0.5) is 0 Å². The van der Waals surface area contributed by atoms with Crippen LogP contribution in [-0.2, 0) is 44.8 Å². The van der Waals surface area contributed by atoms with Gasteiger partial charge >= 0.3 is 0 Å². The van der Waals surface area contributed by atoms with Gasteiger partial charge in [0, 0.05) is 100 Å². The van der Waals surface area contributed by atoms with Crippen LogP contribution >= 0.6 is 0 Å². The first-order chi connectivity index (χ1) is 0. The summed E-state index contributed by atoms with van der Waals surface area (Å²) < 4.78 is 0. The molecule has 0 bridgehead atoms. The van der Waals surface area contributed by atoms with E-state index in [1.165, 1.54) is 0 Å². The summed E-state index contributed by atoms with van der Waals surface area (Å²) in [5.74, 6) is 0. The predicted molar refractivity (Wildman–Crippen MR) is 5.75 cm³/mol. The maximum absolute atomic E-state index is 0. The third kappa shape index (κ3) is 9.00. The van der Waals surface area contributed by atoms with E-state index >= 15 is 0 Å². The van der Waals surface area contributed by atoms with E-state index in [4.69, 9.17) is 0 Å². The smallest absolute Gasteiger partial charge is 0 e. The van der Waals surface area contributed by atoms with Crippen LogP contribution in [0, 0.1) is 35.6 Å². The summed E-state index contributed by atoms with van der Waals surface area (Å²) in [6.45, 7) is 0. The Morgan fingerprint density at radius 2 is 1.00 bits per heavy atom. The van der Waals surface area contributed by atoms with Crippen molar-refractivity contribution in [1.82, 2.24) is 0 Å². The molecular weight excluding hydrogens is 482 g/mol. The quantitative estimate of drug-likeness (QED) is 0.413. The van der Waals surface area contributed by atoms with Gasteiger partial charge in [-0.1, -0.05) is 0 Å². The second kappa shape index (κ2) is 16.2. The van der Waals surface area contributed by atoms with Crippen LogP contribution in [0.15, 0.2) is 0 Å². The minimum atomic E-state index is 0. The van der Waals surface area contributed by atoms with Crippen LogP contribution in [0.25, 0.3) is 0 Å². The van der Waals surface area contributed by atoms with Crippen LogP contribution < -0.4 is 0 Å². The molecule has 0 heterocycles. The molecule has 0 atom stereocenters. The summed E-state index contributed by atoms with van der Waals surface area (Å²) in [6, 6.07) is 0. The zero-order valence-electron chi connectivity index (χ0n) is 2.05. The molecule has 0 saturated carbocycles. The largest absolute Gasteiger partial charge is 0 e. The van der Waals surface area contributed by atoms with E-state index in [9.17, 15) is 0 Å². The van der Waals surface area contributed by atoms with Gasteiger partial charge in [-0.15, -0.1) is 0 Å². The molecule has 0 N–H and O–H groups in total. The third-order valence-electron chi connectivity index (χ3n) is 0. The summed E-state index contributed by atoms with van der Waals surface area (Å²) in [4.78, 5) is 0. The summed E-state index contributed by atoms with van der Waals surface area (Å²) in [5.41, 5.74) is 0. The third-order valence-corrected chi connectivity index (χ3v) is 0. The van der Waals surface area contributed by atoms with Gasteiger partial charge in [0.1, 0.15) is 0 Å². The SMILES string of the molecule is [Ga].[La].[Nb].[Ta]. The second-order valence-electron chi connectivity index (χ2n) is 0. The van der Waals surface area contributed by atoms with Crippen molar-refractivity contribution in [2.24, 2.45) is 0 Å². The second-order valence-corrected chi connectivity index (χ2v) is 0. The molecule has 0 aliphatic heterocycles. The number of hydrogen-bond donors (Lipinski definition) is 0. The molecule has 0 aliphatic carbocycles. The Hall–Kier alpha value is 3.31. The van der Waals surface area contributed by atoms with Crippen LogP contribution in [0.5, 0.6) is 0 Å². The predicted octanol–water partition coefficient (Wildman–Crippen LogP) is -0.386. The van der Waals surface area contributed by atoms with Gasteiger partial charge in [0.2, 0.25) is 0 Å². The van der Waals surface area contributed by atoms with Gasteiger partial charge < -0.3 is 0 Å². The molecule has 0 aromatic carbocycles. The molecule has 0 saturated heterocycles. The van der Waals surface area contributed by atoms with Gasteiger partial charge in [0.25, 0.3) is 0 Å². The van der Waals surface area contributed by atoms with E-state index in [0.29, 0.717) is 0 Å². The van der Waals surface area contributed by atoms with E-state index < -0.39 is 0 Å². The molecule has 0 nitrogen and oxygen atoms in total. The van der Waals surface area contributed by atoms with Crippen molar-refractivity contribution in [2.45, 2.75) is 0 Å². The van der Waals surface area contributed by atoms with Crippen molar-refractivity contribution in [3.05, 3.63) is 0 Å². The Kier molecular flexibility index (Phi) is 108. The summed E-state index contributed by atoms with van der Waals surface area (Å²) in [6.07, 6.45) is 0. The van der Waals surface area contributed by atoms with Crippen LogP contribution in [0.2, 0.25) is 0 Å². The first-order valence-electron chi connectivity index (χ1n) is 0. The van der Waals surface area contributed by atoms with Crippen molar-refractivity contribution in [3.8, 4) is 0 Å². The minimum absolute atomic E-state index is 0. The average Bonchev–Trinajstić information content (AvgIpc) is 0. The summed E-state index contributed by atoms with van der Waals surface area (Å²) in [7, 11) is 0. The standard InChI is InChI=1S/Ga.La.Nb.Ta. The molecule has 4 heavy (non-hydrogen) atoms. The molecule has 0 unspecified atom stereocenters. The topological polar surface area (TPSA) is 0 Å². The van der Waals surface area contributed by atoms with Crippen LogP contribution in [0.3, 0.4) is 0 Å². The Bertz CT molecular complexity index is 8.00. The zero-order valence-corrected chi connectivity index (χ0v) is 13.5. The van der Waals surface area contributed by atoms with Gasteiger partial charge in [-0.2, -0.15) is 0 Å². The maximum Gasteiger partial charge on any atom is 0 e. The fourth-order valence-corrected chi connectivity index (χ4v) is 0. The number of rotatable bonds is 0. The Labute approximate surface area is 97.9 Å². The van der Waals surface area contributed by atoms with Gasteiger partial charge in [-0.3, -0.25) is 0 Å². The average molecular weight is 482 g/mol. The van der Waals surface area contributed by atoms with Gasteiger partial charge in [0.15, 0.2) is 0 Å². The van der Waals surface area contributed by atoms with Gasteiger partial charge in [-0.25, -0.2) is 0 Å². The fourth-order valence-electron chi connectivity index (χ4n) is 0. The molecule has 16 valence electrons. The van der Waals surface area contributed by atoms with Crippen LogP contribution in [-0.4, -0.2) is 19.8 Å². The molecule has 0 fully saturated rings. The monoisotopic (exact) mass is 482 g/mol. The molecule has 0 aliphatic rings. The van der Waals surface area contributed by atoms with E-state index in [0.717, 1.165) is 0 Å². The fraction of sp³-hybridized carbons (Fsp3) is 0. The minimum Gasteiger partial charge on any atom is 0 e. The maximum atomic E-state index is 0. The van der Waals surface area contributed by atoms with Crippen molar-refractivity contribution in [3.63, 3.8) is 0 Å². The first-order valence-corrected chi connectivity index (χ1v) is 0. The molecule has 0 aromatic rings. The van der Waals surface area contributed by atoms with Gasteiger partial charge in [0.05, 0.1) is 0 Å². The molecule has 0 rings (SSSR count). The Balaban J connectivity index is 0. The summed E-state index contributed by atoms with van der Waals surface area (Å²) in [5, 5.41) is 0. The molecule has 0 amide bonds. The van der Waals surface area contributed by atoms with E-state index in [-0.39, 0.29) is 100 Å². The van der Waals surface area contributed by atoms with Crippen molar-refractivity contribution < 1.29 is 80.4 Å². The Morgan fingerprint density at radius 1 is 1.00 bits per heavy atom. The van der Waals surface area contributed by atoms with E-state index in [1.807, 2.05) is 0 Å². The molecule has 0 spiro atoms. The van der Waals surface area contributed by atoms with Gasteiger partial charge in [-0.05, 0) is 0 Å². The zero-order chi connectivity index (χ0) is 0. The molecule has 4 heteroatoms. The van der Waals surface area contributed by atoms with Crippen molar-refractivity contribution in [1.29, 1.82) is 0 Å². The Morgan fingerprint density at radius 3 is 1.00 bits per heavy atom.